The highest BCUT2D eigenvalue weighted by molar-refractivity contribution is 5.75. The van der Waals surface area contributed by atoms with E-state index in [9.17, 15) is 14.7 Å². The minimum absolute atomic E-state index is 0.0206. The monoisotopic (exact) mass is 696 g/mol. The molecule has 0 spiro atoms. The van der Waals surface area contributed by atoms with Crippen LogP contribution >= 0.6 is 0 Å². The van der Waals surface area contributed by atoms with Crippen LogP contribution in [0.4, 0.5) is 0 Å². The molecule has 0 amide bonds. The number of carbonyl (C=O) groups excluding carboxylic acids is 2. The summed E-state index contributed by atoms with van der Waals surface area (Å²) >= 11 is 0. The first-order valence-corrected chi connectivity index (χ1v) is 21.5. The SMILES string of the molecule is CCCCCCCCCC(=O)OCCCCCCCN(CCCCO)CCCCCCC(C)(C)C(=O)OCCCCCC(CCC)CCC. The molecule has 0 atom stereocenters. The minimum Gasteiger partial charge on any atom is -0.466 e. The van der Waals surface area contributed by atoms with Crippen molar-refractivity contribution >= 4 is 11.9 Å². The van der Waals surface area contributed by atoms with Crippen molar-refractivity contribution in [2.45, 2.75) is 214 Å². The van der Waals surface area contributed by atoms with Gasteiger partial charge in [-0.15, -0.1) is 0 Å². The van der Waals surface area contributed by atoms with E-state index in [1.807, 2.05) is 13.8 Å². The quantitative estimate of drug-likeness (QED) is 0.0512. The van der Waals surface area contributed by atoms with Gasteiger partial charge in [-0.05, 0) is 90.8 Å². The summed E-state index contributed by atoms with van der Waals surface area (Å²) < 4.78 is 11.1. The number of esters is 2. The molecular weight excluding hydrogens is 610 g/mol. The van der Waals surface area contributed by atoms with Gasteiger partial charge in [0, 0.05) is 13.0 Å². The molecule has 0 aromatic rings. The predicted molar refractivity (Wildman–Crippen MR) is 209 cm³/mol. The van der Waals surface area contributed by atoms with E-state index in [0.717, 1.165) is 96.2 Å². The fraction of sp³-hybridized carbons (Fsp3) is 0.953. The zero-order valence-electron chi connectivity index (χ0n) is 33.6. The summed E-state index contributed by atoms with van der Waals surface area (Å²) in [5.41, 5.74) is -0.404. The summed E-state index contributed by atoms with van der Waals surface area (Å²) in [5.74, 6) is 0.825. The van der Waals surface area contributed by atoms with Crippen LogP contribution in [0.15, 0.2) is 0 Å². The third kappa shape index (κ3) is 31.3. The van der Waals surface area contributed by atoms with E-state index < -0.39 is 5.41 Å². The molecule has 0 heterocycles. The van der Waals surface area contributed by atoms with Crippen molar-refractivity contribution < 1.29 is 24.2 Å². The van der Waals surface area contributed by atoms with Crippen molar-refractivity contribution in [3.63, 3.8) is 0 Å². The number of ether oxygens (including phenoxy) is 2. The minimum atomic E-state index is -0.404. The zero-order chi connectivity index (χ0) is 36.3. The highest BCUT2D eigenvalue weighted by atomic mass is 16.5. The fourth-order valence-corrected chi connectivity index (χ4v) is 6.91. The maximum atomic E-state index is 12.7. The number of rotatable bonds is 38. The van der Waals surface area contributed by atoms with Gasteiger partial charge in [0.15, 0.2) is 0 Å². The number of hydrogen-bond acceptors (Lipinski definition) is 6. The van der Waals surface area contributed by atoms with Gasteiger partial charge in [0.05, 0.1) is 18.6 Å². The van der Waals surface area contributed by atoms with Gasteiger partial charge in [0.25, 0.3) is 0 Å². The highest BCUT2D eigenvalue weighted by Gasteiger charge is 2.28. The Morgan fingerprint density at radius 2 is 1.04 bits per heavy atom. The van der Waals surface area contributed by atoms with Crippen molar-refractivity contribution in [3.8, 4) is 0 Å². The molecule has 49 heavy (non-hydrogen) atoms. The van der Waals surface area contributed by atoms with Crippen LogP contribution in [0.2, 0.25) is 0 Å². The summed E-state index contributed by atoms with van der Waals surface area (Å²) in [6.45, 7) is 15.6. The summed E-state index contributed by atoms with van der Waals surface area (Å²) in [6.07, 6.45) is 32.2. The second-order valence-corrected chi connectivity index (χ2v) is 15.6. The summed E-state index contributed by atoms with van der Waals surface area (Å²) in [4.78, 5) is 27.3. The fourth-order valence-electron chi connectivity index (χ4n) is 6.91. The van der Waals surface area contributed by atoms with Crippen molar-refractivity contribution in [2.24, 2.45) is 11.3 Å². The summed E-state index contributed by atoms with van der Waals surface area (Å²) in [5, 5.41) is 9.25. The van der Waals surface area contributed by atoms with E-state index in [0.29, 0.717) is 19.6 Å². The van der Waals surface area contributed by atoms with E-state index in [2.05, 4.69) is 25.7 Å². The van der Waals surface area contributed by atoms with E-state index in [4.69, 9.17) is 9.47 Å². The van der Waals surface area contributed by atoms with Gasteiger partial charge in [0.1, 0.15) is 0 Å². The molecule has 292 valence electrons. The van der Waals surface area contributed by atoms with Crippen LogP contribution in [-0.4, -0.2) is 61.4 Å². The van der Waals surface area contributed by atoms with E-state index in [1.54, 1.807) is 0 Å². The van der Waals surface area contributed by atoms with Crippen LogP contribution in [0.5, 0.6) is 0 Å². The van der Waals surface area contributed by atoms with Crippen LogP contribution in [0.3, 0.4) is 0 Å². The molecule has 0 unspecified atom stereocenters. The van der Waals surface area contributed by atoms with Gasteiger partial charge in [-0.2, -0.15) is 0 Å². The lowest BCUT2D eigenvalue weighted by Gasteiger charge is -2.23. The lowest BCUT2D eigenvalue weighted by molar-refractivity contribution is -0.154. The predicted octanol–water partition coefficient (Wildman–Crippen LogP) is 12.0. The largest absolute Gasteiger partial charge is 0.466 e. The molecule has 0 bridgehead atoms. The highest BCUT2D eigenvalue weighted by Crippen LogP contribution is 2.26. The van der Waals surface area contributed by atoms with Crippen molar-refractivity contribution in [2.75, 3.05) is 39.5 Å². The molecule has 0 aliphatic heterocycles. The molecule has 0 aromatic heterocycles. The van der Waals surface area contributed by atoms with Gasteiger partial charge >= 0.3 is 11.9 Å². The first kappa shape index (κ1) is 47.9. The van der Waals surface area contributed by atoms with E-state index in [-0.39, 0.29) is 18.5 Å². The summed E-state index contributed by atoms with van der Waals surface area (Å²) in [7, 11) is 0. The summed E-state index contributed by atoms with van der Waals surface area (Å²) in [6, 6.07) is 0. The molecule has 0 rings (SSSR count). The van der Waals surface area contributed by atoms with Crippen LogP contribution in [0.1, 0.15) is 214 Å². The maximum absolute atomic E-state index is 12.7. The Labute approximate surface area is 305 Å². The number of aliphatic hydroxyl groups is 1. The molecule has 0 aliphatic carbocycles. The molecule has 0 aliphatic rings. The Balaban J connectivity index is 3.98. The third-order valence-corrected chi connectivity index (χ3v) is 10.2. The smallest absolute Gasteiger partial charge is 0.311 e. The van der Waals surface area contributed by atoms with Crippen LogP contribution in [-0.2, 0) is 19.1 Å². The number of hydrogen-bond donors (Lipinski definition) is 1. The van der Waals surface area contributed by atoms with Gasteiger partial charge in [0.2, 0.25) is 0 Å². The molecule has 0 fully saturated rings. The first-order valence-electron chi connectivity index (χ1n) is 21.5. The van der Waals surface area contributed by atoms with Gasteiger partial charge < -0.3 is 19.5 Å². The zero-order valence-corrected chi connectivity index (χ0v) is 33.6. The average molecular weight is 696 g/mol. The van der Waals surface area contributed by atoms with Crippen LogP contribution < -0.4 is 0 Å². The Morgan fingerprint density at radius 3 is 1.63 bits per heavy atom. The second kappa shape index (κ2) is 35.3. The maximum Gasteiger partial charge on any atom is 0.311 e. The first-order chi connectivity index (χ1) is 23.8. The normalized spacial score (nSPS) is 11.9. The molecule has 6 heteroatoms. The van der Waals surface area contributed by atoms with Gasteiger partial charge in [-0.1, -0.05) is 143 Å². The average Bonchev–Trinajstić information content (AvgIpc) is 3.08. The Bertz CT molecular complexity index is 721. The number of aliphatic hydroxyl groups excluding tert-OH is 1. The van der Waals surface area contributed by atoms with E-state index >= 15 is 0 Å². The van der Waals surface area contributed by atoms with Gasteiger partial charge in [-0.3, -0.25) is 9.59 Å². The standard InChI is InChI=1S/C43H85NO5/c1-6-9-10-11-12-14-21-32-41(46)48-38-27-18-13-16-23-34-44(36-25-26-37-45)35-24-17-15-22-33-43(4,5)42(47)49-39-28-19-20-31-40(29-7-2)30-8-3/h40,45H,6-39H2,1-5H3. The van der Waals surface area contributed by atoms with Crippen molar-refractivity contribution in [3.05, 3.63) is 0 Å². The van der Waals surface area contributed by atoms with Crippen LogP contribution in [0.25, 0.3) is 0 Å². The molecular formula is C43H85NO5. The lowest BCUT2D eigenvalue weighted by atomic mass is 9.87. The molecule has 0 saturated heterocycles. The number of carbonyl (C=O) groups is 2. The van der Waals surface area contributed by atoms with Gasteiger partial charge in [-0.25, -0.2) is 0 Å². The molecule has 0 aromatic carbocycles. The lowest BCUT2D eigenvalue weighted by Crippen LogP contribution is -2.28. The third-order valence-electron chi connectivity index (χ3n) is 10.2. The van der Waals surface area contributed by atoms with Crippen LogP contribution in [0, 0.1) is 11.3 Å². The Hall–Kier alpha value is -1.14. The second-order valence-electron chi connectivity index (χ2n) is 15.6. The van der Waals surface area contributed by atoms with E-state index in [1.165, 1.54) is 103 Å². The topological polar surface area (TPSA) is 76.1 Å². The number of nitrogens with zero attached hydrogens (tertiary/aromatic N) is 1. The Kier molecular flexibility index (Phi) is 34.5. The molecule has 1 N–H and O–H groups in total. The number of unbranched alkanes of at least 4 members (excludes halogenated alkanes) is 16. The molecule has 0 radical (unpaired) electrons. The van der Waals surface area contributed by atoms with Crippen molar-refractivity contribution in [1.82, 2.24) is 4.90 Å². The van der Waals surface area contributed by atoms with Crippen molar-refractivity contribution in [1.29, 1.82) is 0 Å². The molecule has 6 nitrogen and oxygen atoms in total. The molecule has 0 saturated carbocycles. The Morgan fingerprint density at radius 1 is 0.551 bits per heavy atom.